The normalized spacial score (nSPS) is 22.5. The molecule has 0 aliphatic carbocycles. The SMILES string of the molecule is O=C(O)c1ccccc1C(=O)N1[C@H]2CC[C@H]1c1snnc1C2. The van der Waals surface area contributed by atoms with Crippen molar-refractivity contribution in [1.29, 1.82) is 0 Å². The van der Waals surface area contributed by atoms with Gasteiger partial charge in [0.25, 0.3) is 5.91 Å². The molecule has 7 heteroatoms. The number of carbonyl (C=O) groups excluding carboxylic acids is 1. The van der Waals surface area contributed by atoms with Gasteiger partial charge in [0.1, 0.15) is 0 Å². The third-order valence-corrected chi connectivity index (χ3v) is 5.31. The summed E-state index contributed by atoms with van der Waals surface area (Å²) in [6.45, 7) is 0. The lowest BCUT2D eigenvalue weighted by molar-refractivity contribution is 0.0623. The fourth-order valence-electron chi connectivity index (χ4n) is 3.48. The van der Waals surface area contributed by atoms with E-state index in [9.17, 15) is 14.7 Å². The molecule has 1 aromatic carbocycles. The Bertz CT molecular complexity index is 773. The Labute approximate surface area is 130 Å². The maximum absolute atomic E-state index is 12.9. The lowest BCUT2D eigenvalue weighted by atomic mass is 10.0. The molecule has 1 aromatic heterocycles. The van der Waals surface area contributed by atoms with Crippen LogP contribution in [0.3, 0.4) is 0 Å². The van der Waals surface area contributed by atoms with Crippen LogP contribution in [0.5, 0.6) is 0 Å². The number of aromatic nitrogens is 2. The smallest absolute Gasteiger partial charge is 0.336 e. The van der Waals surface area contributed by atoms with Crippen LogP contribution in [-0.4, -0.2) is 37.5 Å². The maximum Gasteiger partial charge on any atom is 0.336 e. The van der Waals surface area contributed by atoms with Crippen molar-refractivity contribution in [2.24, 2.45) is 0 Å². The zero-order valence-electron chi connectivity index (χ0n) is 11.6. The second kappa shape index (κ2) is 4.88. The van der Waals surface area contributed by atoms with Crippen molar-refractivity contribution in [3.63, 3.8) is 0 Å². The van der Waals surface area contributed by atoms with Gasteiger partial charge in [-0.25, -0.2) is 4.79 Å². The molecule has 112 valence electrons. The second-order valence-electron chi connectivity index (χ2n) is 5.60. The molecule has 6 nitrogen and oxygen atoms in total. The van der Waals surface area contributed by atoms with Crippen LogP contribution in [0.15, 0.2) is 24.3 Å². The zero-order valence-corrected chi connectivity index (χ0v) is 12.4. The van der Waals surface area contributed by atoms with Crippen molar-refractivity contribution in [1.82, 2.24) is 14.5 Å². The maximum atomic E-state index is 12.9. The summed E-state index contributed by atoms with van der Waals surface area (Å²) in [4.78, 5) is 27.2. The summed E-state index contributed by atoms with van der Waals surface area (Å²) in [6, 6.07) is 6.48. The minimum atomic E-state index is -1.08. The van der Waals surface area contributed by atoms with E-state index in [1.165, 1.54) is 17.6 Å². The fourth-order valence-corrected chi connectivity index (χ4v) is 4.29. The van der Waals surface area contributed by atoms with Crippen LogP contribution in [0.4, 0.5) is 0 Å². The number of nitrogens with zero attached hydrogens (tertiary/aromatic N) is 3. The first-order valence-electron chi connectivity index (χ1n) is 7.13. The van der Waals surface area contributed by atoms with E-state index in [0.29, 0.717) is 6.42 Å². The van der Waals surface area contributed by atoms with Crippen LogP contribution in [0.25, 0.3) is 0 Å². The monoisotopic (exact) mass is 315 g/mol. The molecule has 0 saturated carbocycles. The average Bonchev–Trinajstić information content (AvgIpc) is 3.11. The summed E-state index contributed by atoms with van der Waals surface area (Å²) in [5, 5.41) is 13.4. The Kier molecular flexibility index (Phi) is 2.97. The van der Waals surface area contributed by atoms with E-state index in [1.807, 2.05) is 4.90 Å². The number of carboxylic acid groups (broad SMARTS) is 1. The number of rotatable bonds is 2. The molecule has 22 heavy (non-hydrogen) atoms. The molecule has 2 atom stereocenters. The highest BCUT2D eigenvalue weighted by atomic mass is 32.1. The molecule has 2 aromatic rings. The van der Waals surface area contributed by atoms with Crippen molar-refractivity contribution < 1.29 is 14.7 Å². The van der Waals surface area contributed by atoms with Gasteiger partial charge in [-0.1, -0.05) is 16.6 Å². The van der Waals surface area contributed by atoms with Crippen LogP contribution in [0.1, 0.15) is 50.2 Å². The van der Waals surface area contributed by atoms with Crippen LogP contribution < -0.4 is 0 Å². The Balaban J connectivity index is 1.75. The molecule has 2 aliphatic rings. The van der Waals surface area contributed by atoms with Gasteiger partial charge in [-0.15, -0.1) is 5.10 Å². The summed E-state index contributed by atoms with van der Waals surface area (Å²) < 4.78 is 3.99. The van der Waals surface area contributed by atoms with Crippen LogP contribution >= 0.6 is 11.5 Å². The van der Waals surface area contributed by atoms with Gasteiger partial charge in [-0.3, -0.25) is 4.79 Å². The second-order valence-corrected chi connectivity index (χ2v) is 6.38. The van der Waals surface area contributed by atoms with Crippen molar-refractivity contribution in [2.45, 2.75) is 31.3 Å². The number of carbonyl (C=O) groups is 2. The molecule has 2 aliphatic heterocycles. The van der Waals surface area contributed by atoms with Crippen molar-refractivity contribution in [3.05, 3.63) is 46.0 Å². The highest BCUT2D eigenvalue weighted by Crippen LogP contribution is 2.45. The molecular formula is C15H13N3O3S. The Morgan fingerprint density at radius 2 is 2.00 bits per heavy atom. The van der Waals surface area contributed by atoms with Crippen molar-refractivity contribution >= 4 is 23.4 Å². The molecule has 4 rings (SSSR count). The van der Waals surface area contributed by atoms with E-state index < -0.39 is 5.97 Å². The van der Waals surface area contributed by atoms with Gasteiger partial charge in [0.05, 0.1) is 27.7 Å². The van der Waals surface area contributed by atoms with Crippen molar-refractivity contribution in [3.8, 4) is 0 Å². The molecule has 0 unspecified atom stereocenters. The number of benzene rings is 1. The quantitative estimate of drug-likeness (QED) is 0.918. The third-order valence-electron chi connectivity index (χ3n) is 4.44. The summed E-state index contributed by atoms with van der Waals surface area (Å²) in [5.74, 6) is -1.28. The zero-order chi connectivity index (χ0) is 15.3. The Morgan fingerprint density at radius 1 is 1.23 bits per heavy atom. The predicted octanol–water partition coefficient (Wildman–Crippen LogP) is 2.14. The molecule has 3 heterocycles. The van der Waals surface area contributed by atoms with Crippen LogP contribution in [0, 0.1) is 0 Å². The summed E-state index contributed by atoms with van der Waals surface area (Å²) in [5.41, 5.74) is 1.31. The van der Waals surface area contributed by atoms with Gasteiger partial charge in [-0.2, -0.15) is 0 Å². The summed E-state index contributed by atoms with van der Waals surface area (Å²) in [6.07, 6.45) is 2.53. The molecule has 1 fully saturated rings. The van der Waals surface area contributed by atoms with Gasteiger partial charge in [0.15, 0.2) is 0 Å². The third kappa shape index (κ3) is 1.85. The molecule has 1 saturated heterocycles. The lowest BCUT2D eigenvalue weighted by Crippen LogP contribution is -2.42. The Morgan fingerprint density at radius 3 is 2.77 bits per heavy atom. The van der Waals surface area contributed by atoms with Crippen LogP contribution in [-0.2, 0) is 6.42 Å². The molecular weight excluding hydrogens is 302 g/mol. The summed E-state index contributed by atoms with van der Waals surface area (Å²) >= 11 is 1.34. The van der Waals surface area contributed by atoms with Crippen molar-refractivity contribution in [2.75, 3.05) is 0 Å². The predicted molar refractivity (Wildman–Crippen MR) is 78.9 cm³/mol. The standard InChI is InChI=1S/C15H13N3O3S/c19-14(9-3-1-2-4-10(9)15(20)21)18-8-5-6-12(18)13-11(7-8)16-17-22-13/h1-4,8,12H,5-7H2,(H,20,21)/t8-,12-/m0/s1. The van der Waals surface area contributed by atoms with Gasteiger partial charge >= 0.3 is 5.97 Å². The number of hydrogen-bond donors (Lipinski definition) is 1. The number of amides is 1. The topological polar surface area (TPSA) is 83.4 Å². The Hall–Kier alpha value is -2.28. The number of fused-ring (bicyclic) bond motifs is 4. The molecule has 1 N–H and O–H groups in total. The van der Waals surface area contributed by atoms with E-state index in [4.69, 9.17) is 0 Å². The van der Waals surface area contributed by atoms with Gasteiger partial charge in [-0.05, 0) is 36.5 Å². The average molecular weight is 315 g/mol. The lowest BCUT2D eigenvalue weighted by Gasteiger charge is -2.33. The van der Waals surface area contributed by atoms with E-state index in [2.05, 4.69) is 9.59 Å². The molecule has 1 amide bonds. The largest absolute Gasteiger partial charge is 0.478 e. The highest BCUT2D eigenvalue weighted by molar-refractivity contribution is 7.05. The van der Waals surface area contributed by atoms with Crippen LogP contribution in [0.2, 0.25) is 0 Å². The van der Waals surface area contributed by atoms with Gasteiger partial charge in [0.2, 0.25) is 0 Å². The molecule has 0 spiro atoms. The van der Waals surface area contributed by atoms with Gasteiger partial charge < -0.3 is 10.0 Å². The van der Waals surface area contributed by atoms with E-state index >= 15 is 0 Å². The summed E-state index contributed by atoms with van der Waals surface area (Å²) in [7, 11) is 0. The number of carboxylic acids is 1. The fraction of sp³-hybridized carbons (Fsp3) is 0.333. The van der Waals surface area contributed by atoms with Gasteiger partial charge in [0, 0.05) is 12.5 Å². The molecule has 0 radical (unpaired) electrons. The number of hydrogen-bond acceptors (Lipinski definition) is 5. The van der Waals surface area contributed by atoms with E-state index in [1.54, 1.807) is 18.2 Å². The minimum absolute atomic E-state index is 0.0110. The number of aromatic carboxylic acids is 1. The molecule has 2 bridgehead atoms. The highest BCUT2D eigenvalue weighted by Gasteiger charge is 2.45. The first-order valence-corrected chi connectivity index (χ1v) is 7.90. The first kappa shape index (κ1) is 13.4. The first-order chi connectivity index (χ1) is 10.7. The van der Waals surface area contributed by atoms with E-state index in [-0.39, 0.29) is 29.1 Å². The van der Waals surface area contributed by atoms with E-state index in [0.717, 1.165) is 23.4 Å². The minimum Gasteiger partial charge on any atom is -0.478 e.